The van der Waals surface area contributed by atoms with Crippen molar-refractivity contribution in [3.63, 3.8) is 0 Å². The van der Waals surface area contributed by atoms with Crippen molar-refractivity contribution in [1.82, 2.24) is 0 Å². The lowest BCUT2D eigenvalue weighted by Gasteiger charge is -2.21. The van der Waals surface area contributed by atoms with Crippen LogP contribution in [0.3, 0.4) is 0 Å². The number of rotatable bonds is 80. The van der Waals surface area contributed by atoms with Gasteiger partial charge in [0.1, 0.15) is 19.3 Å². The van der Waals surface area contributed by atoms with Gasteiger partial charge in [0.25, 0.3) is 0 Å². The number of ether oxygens (including phenoxy) is 4. The summed E-state index contributed by atoms with van der Waals surface area (Å²) in [4.78, 5) is 73.1. The van der Waals surface area contributed by atoms with Crippen LogP contribution < -0.4 is 0 Å². The van der Waals surface area contributed by atoms with Crippen LogP contribution in [-0.2, 0) is 65.4 Å². The van der Waals surface area contributed by atoms with Crippen molar-refractivity contribution in [2.75, 3.05) is 39.6 Å². The first kappa shape index (κ1) is 98.5. The van der Waals surface area contributed by atoms with E-state index in [1.807, 2.05) is 0 Å². The van der Waals surface area contributed by atoms with E-state index in [2.05, 4.69) is 58.9 Å². The number of hydrogen-bond donors (Lipinski definition) is 3. The maximum atomic E-state index is 13.1. The molecule has 0 aromatic rings. The van der Waals surface area contributed by atoms with Crippen molar-refractivity contribution >= 4 is 39.5 Å². The second kappa shape index (κ2) is 74.4. The monoisotopic (exact) mass is 1480 g/mol. The molecule has 0 radical (unpaired) electrons. The first-order valence-electron chi connectivity index (χ1n) is 42.0. The number of aliphatic hydroxyl groups excluding tert-OH is 1. The summed E-state index contributed by atoms with van der Waals surface area (Å²) >= 11 is 0. The molecule has 0 bridgehead atoms. The molecule has 0 aliphatic heterocycles. The lowest BCUT2D eigenvalue weighted by Crippen LogP contribution is -2.30. The fourth-order valence-corrected chi connectivity index (χ4v) is 13.8. The summed E-state index contributed by atoms with van der Waals surface area (Å²) in [5.74, 6) is -1.34. The maximum Gasteiger partial charge on any atom is 0.472 e. The van der Waals surface area contributed by atoms with Gasteiger partial charge in [-0.05, 0) is 57.3 Å². The molecule has 17 nitrogen and oxygen atoms in total. The van der Waals surface area contributed by atoms with Crippen LogP contribution in [0.25, 0.3) is 0 Å². The van der Waals surface area contributed by atoms with E-state index in [0.717, 1.165) is 109 Å². The smallest absolute Gasteiger partial charge is 0.462 e. The highest BCUT2D eigenvalue weighted by Gasteiger charge is 2.30. The standard InChI is InChI=1S/C82H156O17P2/c1-6-9-12-15-18-21-24-27-29-30-32-36-41-46-51-56-61-66-80(85)93-72-78(99-82(87)68-63-58-53-48-43-38-34-33-35-39-44-49-54-59-64-75(4)5)74-97-101(90,91)95-70-76(83)69-94-100(88,89)96-73-77(71-92-79(84)65-60-55-50-45-40-26-23-20-17-14-11-8-3)98-81(86)67-62-57-52-47-42-37-31-28-25-22-19-16-13-10-7-2/h22,25,28,31,75-78,83H,6-21,23-24,26-27,29-30,32-74H2,1-5H3,(H,88,89)(H,90,91)/b25-22-,31-28-/t76-,77+,78+/m0/s1. The molecular weight excluding hydrogens is 1320 g/mol. The van der Waals surface area contributed by atoms with Crippen molar-refractivity contribution in [2.45, 2.75) is 432 Å². The van der Waals surface area contributed by atoms with E-state index in [9.17, 15) is 43.2 Å². The van der Waals surface area contributed by atoms with Crippen molar-refractivity contribution in [1.29, 1.82) is 0 Å². The van der Waals surface area contributed by atoms with E-state index in [0.29, 0.717) is 25.7 Å². The minimum Gasteiger partial charge on any atom is -0.462 e. The molecule has 0 saturated carbocycles. The Labute approximate surface area is 618 Å². The summed E-state index contributed by atoms with van der Waals surface area (Å²) in [5, 5.41) is 10.6. The maximum absolute atomic E-state index is 13.1. The van der Waals surface area contributed by atoms with Gasteiger partial charge >= 0.3 is 39.5 Å². The number of unbranched alkanes of at least 4 members (excludes halogenated alkanes) is 49. The minimum atomic E-state index is -4.97. The van der Waals surface area contributed by atoms with Crippen LogP contribution in [0, 0.1) is 5.92 Å². The largest absolute Gasteiger partial charge is 0.472 e. The molecule has 3 N–H and O–H groups in total. The molecule has 0 aromatic heterocycles. The molecule has 0 spiro atoms. The third-order valence-corrected chi connectivity index (χ3v) is 20.6. The molecule has 101 heavy (non-hydrogen) atoms. The molecule has 19 heteroatoms. The van der Waals surface area contributed by atoms with Gasteiger partial charge in [0.15, 0.2) is 12.2 Å². The second-order valence-electron chi connectivity index (χ2n) is 29.3. The number of phosphoric acid groups is 2. The Balaban J connectivity index is 5.29. The second-order valence-corrected chi connectivity index (χ2v) is 32.2. The van der Waals surface area contributed by atoms with Crippen LogP contribution in [0.5, 0.6) is 0 Å². The van der Waals surface area contributed by atoms with Gasteiger partial charge < -0.3 is 33.8 Å². The van der Waals surface area contributed by atoms with Gasteiger partial charge in [-0.2, -0.15) is 0 Å². The average molecular weight is 1480 g/mol. The van der Waals surface area contributed by atoms with Crippen molar-refractivity contribution in [3.8, 4) is 0 Å². The highest BCUT2D eigenvalue weighted by molar-refractivity contribution is 7.47. The molecule has 0 saturated heterocycles. The van der Waals surface area contributed by atoms with Crippen molar-refractivity contribution < 1.29 is 80.2 Å². The van der Waals surface area contributed by atoms with E-state index in [4.69, 9.17) is 37.0 Å². The number of hydrogen-bond acceptors (Lipinski definition) is 15. The molecule has 5 atom stereocenters. The van der Waals surface area contributed by atoms with Gasteiger partial charge in [-0.1, -0.05) is 361 Å². The summed E-state index contributed by atoms with van der Waals surface area (Å²) in [7, 11) is -9.93. The lowest BCUT2D eigenvalue weighted by molar-refractivity contribution is -0.161. The zero-order chi connectivity index (χ0) is 74.1. The fraction of sp³-hybridized carbons (Fsp3) is 0.902. The van der Waals surface area contributed by atoms with Gasteiger partial charge in [0, 0.05) is 25.7 Å². The quantitative estimate of drug-likeness (QED) is 0.0169. The van der Waals surface area contributed by atoms with Crippen LogP contribution in [0.2, 0.25) is 0 Å². The molecule has 0 fully saturated rings. The van der Waals surface area contributed by atoms with Gasteiger partial charge in [-0.15, -0.1) is 0 Å². The first-order valence-corrected chi connectivity index (χ1v) is 44.9. The molecule has 2 unspecified atom stereocenters. The van der Waals surface area contributed by atoms with Gasteiger partial charge in [0.05, 0.1) is 26.4 Å². The molecule has 0 aromatic carbocycles. The molecular formula is C82H156O17P2. The first-order chi connectivity index (χ1) is 49.0. The third-order valence-electron chi connectivity index (χ3n) is 18.7. The normalized spacial score (nSPS) is 14.0. The predicted octanol–water partition coefficient (Wildman–Crippen LogP) is 24.4. The molecule has 0 amide bonds. The number of allylic oxidation sites excluding steroid dienone is 4. The summed E-state index contributed by atoms with van der Waals surface area (Å²) in [6.07, 6.45) is 68.6. The minimum absolute atomic E-state index is 0.0857. The number of aliphatic hydroxyl groups is 1. The Kier molecular flexibility index (Phi) is 72.6. The van der Waals surface area contributed by atoms with Crippen molar-refractivity contribution in [2.24, 2.45) is 5.92 Å². The summed E-state index contributed by atoms with van der Waals surface area (Å²) < 4.78 is 68.7. The number of phosphoric ester groups is 2. The Morgan fingerprint density at radius 3 is 0.812 bits per heavy atom. The zero-order valence-corrected chi connectivity index (χ0v) is 67.3. The van der Waals surface area contributed by atoms with Gasteiger partial charge in [0.2, 0.25) is 0 Å². The lowest BCUT2D eigenvalue weighted by atomic mass is 10.0. The van der Waals surface area contributed by atoms with Gasteiger partial charge in [-0.3, -0.25) is 37.3 Å². The molecule has 596 valence electrons. The van der Waals surface area contributed by atoms with Crippen LogP contribution in [-0.4, -0.2) is 96.7 Å². The molecule has 0 aliphatic rings. The van der Waals surface area contributed by atoms with Crippen LogP contribution >= 0.6 is 15.6 Å². The highest BCUT2D eigenvalue weighted by Crippen LogP contribution is 2.45. The predicted molar refractivity (Wildman–Crippen MR) is 414 cm³/mol. The summed E-state index contributed by atoms with van der Waals surface area (Å²) in [6, 6.07) is 0. The summed E-state index contributed by atoms with van der Waals surface area (Å²) in [6.45, 7) is 7.30. The van der Waals surface area contributed by atoms with E-state index in [1.54, 1.807) is 0 Å². The molecule has 0 heterocycles. The Bertz CT molecular complexity index is 2020. The number of carbonyl (C=O) groups excluding carboxylic acids is 4. The average Bonchev–Trinajstić information content (AvgIpc) is 0.948. The third kappa shape index (κ3) is 75.6. The van der Waals surface area contributed by atoms with Crippen LogP contribution in [0.1, 0.15) is 413 Å². The van der Waals surface area contributed by atoms with Crippen molar-refractivity contribution in [3.05, 3.63) is 24.3 Å². The zero-order valence-electron chi connectivity index (χ0n) is 65.5. The van der Waals surface area contributed by atoms with E-state index in [1.165, 1.54) is 225 Å². The molecule has 0 aliphatic carbocycles. The summed E-state index contributed by atoms with van der Waals surface area (Å²) in [5.41, 5.74) is 0. The van der Waals surface area contributed by atoms with Crippen LogP contribution in [0.4, 0.5) is 0 Å². The Morgan fingerprint density at radius 1 is 0.307 bits per heavy atom. The van der Waals surface area contributed by atoms with E-state index in [-0.39, 0.29) is 25.7 Å². The molecule has 0 rings (SSSR count). The van der Waals surface area contributed by atoms with Crippen LogP contribution in [0.15, 0.2) is 24.3 Å². The Morgan fingerprint density at radius 2 is 0.535 bits per heavy atom. The van der Waals surface area contributed by atoms with E-state index < -0.39 is 97.5 Å². The Hall–Kier alpha value is -2.46. The fourth-order valence-electron chi connectivity index (χ4n) is 12.2. The van der Waals surface area contributed by atoms with Gasteiger partial charge in [-0.25, -0.2) is 9.13 Å². The van der Waals surface area contributed by atoms with E-state index >= 15 is 0 Å². The SMILES string of the molecule is CCCCCC/C=C\C=C/CCCCCCCC(=O)O[C@H](COC(=O)CCCCCCCCCCCCCC)COP(=O)(O)OC[C@H](O)COP(=O)(O)OC[C@@H](COC(=O)CCCCCCCCCCCCCCCCCCC)OC(=O)CCCCCCCCCCCCCCCCC(C)C. The number of carbonyl (C=O) groups is 4. The topological polar surface area (TPSA) is 237 Å². The number of esters is 4. The highest BCUT2D eigenvalue weighted by atomic mass is 31.2.